The van der Waals surface area contributed by atoms with Crippen LogP contribution in [-0.4, -0.2) is 62.1 Å². The third-order valence-corrected chi connectivity index (χ3v) is 14.1. The Morgan fingerprint density at radius 1 is 0.862 bits per heavy atom. The zero-order valence-corrected chi connectivity index (χ0v) is 38.2. The van der Waals surface area contributed by atoms with E-state index in [0.29, 0.717) is 40.7 Å². The van der Waals surface area contributed by atoms with Crippen LogP contribution in [0.3, 0.4) is 0 Å². The lowest BCUT2D eigenvalue weighted by Crippen LogP contribution is -2.76. The van der Waals surface area contributed by atoms with Crippen LogP contribution >= 0.6 is 11.6 Å². The number of nitrogens with one attached hydrogen (secondary N) is 2. The molecule has 3 amide bonds. The van der Waals surface area contributed by atoms with E-state index >= 15 is 0 Å². The number of hydrogen-bond donors (Lipinski definition) is 3. The van der Waals surface area contributed by atoms with Gasteiger partial charge in [0, 0.05) is 37.3 Å². The van der Waals surface area contributed by atoms with Crippen molar-refractivity contribution in [2.24, 2.45) is 41.2 Å². The van der Waals surface area contributed by atoms with E-state index in [1.54, 1.807) is 13.2 Å². The Balaban J connectivity index is 1.04. The maximum absolute atomic E-state index is 13.9. The van der Waals surface area contributed by atoms with Crippen molar-refractivity contribution in [3.8, 4) is 5.75 Å². The zero-order valence-electron chi connectivity index (χ0n) is 37.5. The first-order valence-electron chi connectivity index (χ1n) is 22.5. The van der Waals surface area contributed by atoms with Crippen molar-refractivity contribution in [3.05, 3.63) is 106 Å². The molecule has 4 aliphatic carbocycles. The van der Waals surface area contributed by atoms with Gasteiger partial charge < -0.3 is 35.3 Å². The Hall–Kier alpha value is -5.28. The molecule has 15 heteroatoms. The molecule has 1 heterocycles. The number of benzene rings is 3. The molecule has 5 aliphatic rings. The van der Waals surface area contributed by atoms with Crippen LogP contribution in [0.4, 0.5) is 4.79 Å². The summed E-state index contributed by atoms with van der Waals surface area (Å²) >= 11 is 7.30. The van der Waals surface area contributed by atoms with Gasteiger partial charge in [0.05, 0.1) is 30.5 Å². The van der Waals surface area contributed by atoms with Gasteiger partial charge in [-0.3, -0.25) is 14.4 Å². The Kier molecular flexibility index (Phi) is 15.3. The summed E-state index contributed by atoms with van der Waals surface area (Å²) in [6, 6.07) is 18.7. The molecular formula is C50H60ClN3O11. The van der Waals surface area contributed by atoms with Crippen LogP contribution in [0.25, 0.3) is 6.08 Å². The summed E-state index contributed by atoms with van der Waals surface area (Å²) in [6.45, 7) is 4.06. The van der Waals surface area contributed by atoms with Crippen molar-refractivity contribution < 1.29 is 52.7 Å². The number of primary amides is 1. The van der Waals surface area contributed by atoms with E-state index in [2.05, 4.69) is 10.6 Å². The van der Waals surface area contributed by atoms with Crippen molar-refractivity contribution in [2.45, 2.75) is 102 Å². The van der Waals surface area contributed by atoms with Crippen molar-refractivity contribution in [1.82, 2.24) is 10.6 Å². The molecule has 1 saturated heterocycles. The Morgan fingerprint density at radius 2 is 1.52 bits per heavy atom. The monoisotopic (exact) mass is 913 g/mol. The molecule has 1 spiro atoms. The van der Waals surface area contributed by atoms with E-state index in [0.717, 1.165) is 36.8 Å². The lowest BCUT2D eigenvalue weighted by Gasteiger charge is -2.68. The number of methoxy groups -OCH3 is 2. The lowest BCUT2D eigenvalue weighted by atomic mass is 9.47. The average molecular weight is 914 g/mol. The second-order valence-electron chi connectivity index (χ2n) is 18.2. The van der Waals surface area contributed by atoms with E-state index in [4.69, 9.17) is 46.1 Å². The van der Waals surface area contributed by atoms with Gasteiger partial charge in [0.1, 0.15) is 19.0 Å². The summed E-state index contributed by atoms with van der Waals surface area (Å²) in [4.78, 5) is 76.1. The predicted molar refractivity (Wildman–Crippen MR) is 241 cm³/mol. The molecule has 3 atom stereocenters. The van der Waals surface area contributed by atoms with E-state index in [-0.39, 0.29) is 67.6 Å². The normalized spacial score (nSPS) is 24.9. The highest BCUT2D eigenvalue weighted by molar-refractivity contribution is 6.33. The summed E-state index contributed by atoms with van der Waals surface area (Å²) in [6.07, 6.45) is 8.83. The fourth-order valence-electron chi connectivity index (χ4n) is 10.6. The number of ketones is 1. The predicted octanol–water partition coefficient (Wildman–Crippen LogP) is 7.51. The van der Waals surface area contributed by atoms with Crippen molar-refractivity contribution in [1.29, 1.82) is 0 Å². The van der Waals surface area contributed by atoms with E-state index in [9.17, 15) is 24.0 Å². The zero-order chi connectivity index (χ0) is 46.3. The minimum atomic E-state index is -1.25. The number of hydrogen-bond acceptors (Lipinski definition) is 11. The van der Waals surface area contributed by atoms with Gasteiger partial charge in [-0.1, -0.05) is 92.2 Å². The molecule has 3 unspecified atom stereocenters. The SMILES string of the molecule is COC(=O)/C=C/c1ccc(C2(OC)OOC23C2CC4CC(C2)CC3C4)c(Cl)c1OCc1ccc(CC(=O)C(CCCNC(N)=O)NC(=O)C(CC(=O)OCc2ccccc2)C(C)C)cc1. The van der Waals surface area contributed by atoms with Crippen LogP contribution in [0.15, 0.2) is 72.8 Å². The number of carbonyl (C=O) groups is 5. The first-order chi connectivity index (χ1) is 31.3. The Morgan fingerprint density at radius 3 is 2.12 bits per heavy atom. The summed E-state index contributed by atoms with van der Waals surface area (Å²) in [5, 5.41) is 5.70. The lowest BCUT2D eigenvalue weighted by molar-refractivity contribution is -0.645. The van der Waals surface area contributed by atoms with E-state index < -0.39 is 47.2 Å². The molecule has 4 N–H and O–H groups in total. The van der Waals surface area contributed by atoms with Gasteiger partial charge in [0.15, 0.2) is 11.4 Å². The van der Waals surface area contributed by atoms with Gasteiger partial charge in [-0.2, -0.15) is 4.89 Å². The summed E-state index contributed by atoms with van der Waals surface area (Å²) in [7, 11) is 2.92. The highest BCUT2D eigenvalue weighted by atomic mass is 35.5. The maximum atomic E-state index is 13.9. The fraction of sp³-hybridized carbons (Fsp3) is 0.500. The number of esters is 2. The summed E-state index contributed by atoms with van der Waals surface area (Å²) < 4.78 is 23.1. The molecule has 65 heavy (non-hydrogen) atoms. The second kappa shape index (κ2) is 20.9. The molecule has 3 aromatic carbocycles. The topological polar surface area (TPSA) is 191 Å². The minimum absolute atomic E-state index is 0.00351. The van der Waals surface area contributed by atoms with Crippen molar-refractivity contribution in [2.75, 3.05) is 20.8 Å². The van der Waals surface area contributed by atoms with Gasteiger partial charge in [0.25, 0.3) is 5.79 Å². The number of Topliss-reactive ketones (excluding diaryl/α,β-unsaturated/α-hetero) is 1. The summed E-state index contributed by atoms with van der Waals surface area (Å²) in [5.41, 5.74) is 8.00. The van der Waals surface area contributed by atoms with Crippen LogP contribution in [0.5, 0.6) is 5.75 Å². The van der Waals surface area contributed by atoms with Crippen molar-refractivity contribution >= 4 is 47.3 Å². The quantitative estimate of drug-likeness (QED) is 0.0415. The average Bonchev–Trinajstić information content (AvgIpc) is 3.28. The van der Waals surface area contributed by atoms with Gasteiger partial charge in [-0.25, -0.2) is 14.5 Å². The van der Waals surface area contributed by atoms with Crippen LogP contribution in [0, 0.1) is 35.5 Å². The number of rotatable bonds is 21. The third-order valence-electron chi connectivity index (χ3n) is 13.8. The largest absolute Gasteiger partial charge is 0.487 e. The standard InChI is InChI=1S/C50H60ClN3O11/c1-30(2)39(27-44(57)62-28-32-9-6-5-7-10-32)47(58)54-41(11-8-20-53-48(52)59)42(55)26-31-12-14-33(15-13-31)29-63-46-36(17-19-43(56)60-3)16-18-40(45(46)51)50(61-4)49(64-65-50)37-22-34-21-35(24-37)25-38(49)23-34/h5-7,9-10,12-19,30,34-35,37-39,41H,8,11,20-29H2,1-4H3,(H,54,58)(H3,52,53,59)/b19-17+. The smallest absolute Gasteiger partial charge is 0.330 e. The molecule has 3 aromatic rings. The van der Waals surface area contributed by atoms with Crippen molar-refractivity contribution in [3.63, 3.8) is 0 Å². The molecule has 1 aliphatic heterocycles. The minimum Gasteiger partial charge on any atom is -0.487 e. The first kappa shape index (κ1) is 47.7. The number of ether oxygens (including phenoxy) is 4. The maximum Gasteiger partial charge on any atom is 0.330 e. The van der Waals surface area contributed by atoms with Crippen LogP contribution in [-0.2, 0) is 68.6 Å². The number of amides is 3. The molecule has 348 valence electrons. The number of urea groups is 1. The fourth-order valence-corrected chi connectivity index (χ4v) is 11.0. The first-order valence-corrected chi connectivity index (χ1v) is 22.9. The molecule has 14 nitrogen and oxygen atoms in total. The van der Waals surface area contributed by atoms with E-state index in [1.165, 1.54) is 19.6 Å². The number of halogens is 1. The molecule has 4 saturated carbocycles. The molecule has 0 radical (unpaired) electrons. The van der Waals surface area contributed by atoms with Crippen LogP contribution in [0.2, 0.25) is 5.02 Å². The number of nitrogens with two attached hydrogens (primary N) is 1. The van der Waals surface area contributed by atoms with Gasteiger partial charge >= 0.3 is 18.0 Å². The molecule has 4 bridgehead atoms. The van der Waals surface area contributed by atoms with E-state index in [1.807, 2.05) is 80.6 Å². The Labute approximate surface area is 385 Å². The highest BCUT2D eigenvalue weighted by Gasteiger charge is 2.77. The molecule has 8 rings (SSSR count). The molecular weight excluding hydrogens is 854 g/mol. The van der Waals surface area contributed by atoms with Gasteiger partial charge in [0.2, 0.25) is 5.91 Å². The van der Waals surface area contributed by atoms with Gasteiger partial charge in [-0.05, 0) is 97.3 Å². The molecule has 0 aromatic heterocycles. The van der Waals surface area contributed by atoms with Crippen LogP contribution in [0.1, 0.15) is 93.0 Å². The number of carbonyl (C=O) groups excluding carboxylic acids is 5. The van der Waals surface area contributed by atoms with Crippen LogP contribution < -0.4 is 21.1 Å². The van der Waals surface area contributed by atoms with Gasteiger partial charge in [-0.15, -0.1) is 0 Å². The second-order valence-corrected chi connectivity index (χ2v) is 18.6. The molecule has 5 fully saturated rings. The highest BCUT2D eigenvalue weighted by Crippen LogP contribution is 2.70. The third kappa shape index (κ3) is 10.4. The summed E-state index contributed by atoms with van der Waals surface area (Å²) in [5.74, 6) is -1.73. The Bertz CT molecular complexity index is 2200.